The maximum atomic E-state index is 12.0. The third kappa shape index (κ3) is 3.26. The number of anilines is 3. The fourth-order valence-electron chi connectivity index (χ4n) is 1.62. The van der Waals surface area contributed by atoms with Gasteiger partial charge in [0.25, 0.3) is 5.91 Å². The van der Waals surface area contributed by atoms with E-state index < -0.39 is 5.91 Å². The van der Waals surface area contributed by atoms with Gasteiger partial charge in [-0.1, -0.05) is 0 Å². The fraction of sp³-hybridized carbons (Fsp3) is 0.167. The van der Waals surface area contributed by atoms with Crippen LogP contribution >= 0.6 is 0 Å². The van der Waals surface area contributed by atoms with Crippen LogP contribution in [0.3, 0.4) is 0 Å². The van der Waals surface area contributed by atoms with Crippen LogP contribution in [0.2, 0.25) is 0 Å². The molecular weight excluding hydrogens is 278 g/mol. The van der Waals surface area contributed by atoms with Crippen molar-refractivity contribution in [1.82, 2.24) is 10.3 Å². The van der Waals surface area contributed by atoms with E-state index in [1.807, 2.05) is 0 Å². The van der Waals surface area contributed by atoms with E-state index in [0.29, 0.717) is 17.1 Å². The molecule has 0 aliphatic carbocycles. The standard InChI is InChI=1S/C12H13N5O4/c1-6(18)14-7-3-4-9(20-2)8(5-7)15-12(19)10-11(13)17-21-16-10/h3-5H,1-2H3,(H2,13,17)(H,14,18)(H,15,19). The number of hydrogen-bond acceptors (Lipinski definition) is 7. The molecule has 0 bridgehead atoms. The average Bonchev–Trinajstić information content (AvgIpc) is 2.84. The second kappa shape index (κ2) is 5.90. The number of methoxy groups -OCH3 is 1. The number of aromatic nitrogens is 2. The molecule has 0 aliphatic rings. The first-order valence-electron chi connectivity index (χ1n) is 5.86. The molecule has 9 heteroatoms. The molecule has 110 valence electrons. The molecule has 0 spiro atoms. The second-order valence-electron chi connectivity index (χ2n) is 4.05. The van der Waals surface area contributed by atoms with Crippen LogP contribution in [-0.4, -0.2) is 29.2 Å². The Hall–Kier alpha value is -3.10. The second-order valence-corrected chi connectivity index (χ2v) is 4.05. The van der Waals surface area contributed by atoms with E-state index in [0.717, 1.165) is 0 Å². The Labute approximate surface area is 119 Å². The van der Waals surface area contributed by atoms with E-state index in [4.69, 9.17) is 10.5 Å². The van der Waals surface area contributed by atoms with Crippen molar-refractivity contribution in [2.75, 3.05) is 23.5 Å². The first kappa shape index (κ1) is 14.3. The number of ether oxygens (including phenoxy) is 1. The molecule has 1 aromatic carbocycles. The summed E-state index contributed by atoms with van der Waals surface area (Å²) in [7, 11) is 1.45. The normalized spacial score (nSPS) is 10.0. The van der Waals surface area contributed by atoms with Gasteiger partial charge < -0.3 is 21.1 Å². The van der Waals surface area contributed by atoms with Gasteiger partial charge in [-0.25, -0.2) is 4.63 Å². The molecule has 2 aromatic rings. The molecule has 1 heterocycles. The van der Waals surface area contributed by atoms with Crippen LogP contribution in [-0.2, 0) is 4.79 Å². The van der Waals surface area contributed by atoms with Crippen molar-refractivity contribution in [2.24, 2.45) is 0 Å². The van der Waals surface area contributed by atoms with Gasteiger partial charge in [0.05, 0.1) is 12.8 Å². The minimum absolute atomic E-state index is 0.121. The van der Waals surface area contributed by atoms with Crippen LogP contribution < -0.4 is 21.1 Å². The van der Waals surface area contributed by atoms with Crippen molar-refractivity contribution in [2.45, 2.75) is 6.92 Å². The molecule has 0 saturated heterocycles. The predicted molar refractivity (Wildman–Crippen MR) is 74.0 cm³/mol. The van der Waals surface area contributed by atoms with Crippen LogP contribution in [0.15, 0.2) is 22.8 Å². The van der Waals surface area contributed by atoms with Crippen LogP contribution in [0.1, 0.15) is 17.4 Å². The van der Waals surface area contributed by atoms with Gasteiger partial charge in [0.2, 0.25) is 17.4 Å². The summed E-state index contributed by atoms with van der Waals surface area (Å²) in [4.78, 5) is 23.1. The lowest BCUT2D eigenvalue weighted by Crippen LogP contribution is -2.15. The molecule has 1 aromatic heterocycles. The van der Waals surface area contributed by atoms with Crippen molar-refractivity contribution >= 4 is 29.0 Å². The van der Waals surface area contributed by atoms with Crippen molar-refractivity contribution in [3.05, 3.63) is 23.9 Å². The third-order valence-corrected chi connectivity index (χ3v) is 2.50. The first-order valence-corrected chi connectivity index (χ1v) is 5.86. The number of hydrogen-bond donors (Lipinski definition) is 3. The highest BCUT2D eigenvalue weighted by Crippen LogP contribution is 2.28. The van der Waals surface area contributed by atoms with Gasteiger partial charge >= 0.3 is 0 Å². The van der Waals surface area contributed by atoms with Crippen molar-refractivity contribution < 1.29 is 19.0 Å². The molecule has 2 amide bonds. The smallest absolute Gasteiger partial charge is 0.281 e. The van der Waals surface area contributed by atoms with Gasteiger partial charge in [0, 0.05) is 12.6 Å². The van der Waals surface area contributed by atoms with Gasteiger partial charge in [-0.2, -0.15) is 0 Å². The number of carbonyl (C=O) groups is 2. The van der Waals surface area contributed by atoms with E-state index in [1.54, 1.807) is 18.2 Å². The van der Waals surface area contributed by atoms with E-state index >= 15 is 0 Å². The Morgan fingerprint density at radius 2 is 2.05 bits per heavy atom. The summed E-state index contributed by atoms with van der Waals surface area (Å²) in [6.45, 7) is 1.38. The number of rotatable bonds is 4. The number of carbonyl (C=O) groups excluding carboxylic acids is 2. The Morgan fingerprint density at radius 3 is 2.62 bits per heavy atom. The minimum Gasteiger partial charge on any atom is -0.495 e. The lowest BCUT2D eigenvalue weighted by Gasteiger charge is -2.11. The van der Waals surface area contributed by atoms with Gasteiger partial charge in [-0.05, 0) is 28.5 Å². The molecule has 0 unspecified atom stereocenters. The van der Waals surface area contributed by atoms with Gasteiger partial charge in [-0.3, -0.25) is 9.59 Å². The Morgan fingerprint density at radius 1 is 1.29 bits per heavy atom. The summed E-state index contributed by atoms with van der Waals surface area (Å²) in [5.74, 6) is -0.550. The summed E-state index contributed by atoms with van der Waals surface area (Å²) in [6, 6.07) is 4.79. The highest BCUT2D eigenvalue weighted by Gasteiger charge is 2.18. The zero-order chi connectivity index (χ0) is 15.4. The third-order valence-electron chi connectivity index (χ3n) is 2.50. The summed E-state index contributed by atoms with van der Waals surface area (Å²) >= 11 is 0. The van der Waals surface area contributed by atoms with Crippen molar-refractivity contribution in [3.63, 3.8) is 0 Å². The van der Waals surface area contributed by atoms with E-state index in [1.165, 1.54) is 14.0 Å². The number of nitrogens with two attached hydrogens (primary N) is 1. The zero-order valence-corrected chi connectivity index (χ0v) is 11.3. The zero-order valence-electron chi connectivity index (χ0n) is 11.3. The highest BCUT2D eigenvalue weighted by atomic mass is 16.6. The fourth-order valence-corrected chi connectivity index (χ4v) is 1.62. The topological polar surface area (TPSA) is 132 Å². The van der Waals surface area contributed by atoms with E-state index in [2.05, 4.69) is 25.6 Å². The molecule has 0 atom stereocenters. The predicted octanol–water partition coefficient (Wildman–Crippen LogP) is 0.871. The summed E-state index contributed by atoms with van der Waals surface area (Å²) < 4.78 is 9.50. The van der Waals surface area contributed by atoms with Crippen LogP contribution in [0.25, 0.3) is 0 Å². The monoisotopic (exact) mass is 291 g/mol. The van der Waals surface area contributed by atoms with Crippen LogP contribution in [0.4, 0.5) is 17.2 Å². The molecule has 4 N–H and O–H groups in total. The molecule has 0 radical (unpaired) electrons. The number of nitrogens with zero attached hydrogens (tertiary/aromatic N) is 2. The maximum Gasteiger partial charge on any atom is 0.281 e. The molecule has 9 nitrogen and oxygen atoms in total. The number of benzene rings is 1. The first-order chi connectivity index (χ1) is 10.0. The van der Waals surface area contributed by atoms with Crippen molar-refractivity contribution in [3.8, 4) is 5.75 Å². The Bertz CT molecular complexity index is 682. The number of amides is 2. The van der Waals surface area contributed by atoms with E-state index in [9.17, 15) is 9.59 Å². The lowest BCUT2D eigenvalue weighted by atomic mass is 10.2. The summed E-state index contributed by atoms with van der Waals surface area (Å²) in [5, 5.41) is 11.9. The summed E-state index contributed by atoms with van der Waals surface area (Å²) in [6.07, 6.45) is 0. The molecule has 0 fully saturated rings. The SMILES string of the molecule is COc1ccc(NC(C)=O)cc1NC(=O)c1nonc1N. The largest absolute Gasteiger partial charge is 0.495 e. The molecular formula is C12H13N5O4. The van der Waals surface area contributed by atoms with Crippen LogP contribution in [0, 0.1) is 0 Å². The van der Waals surface area contributed by atoms with Crippen molar-refractivity contribution in [1.29, 1.82) is 0 Å². The summed E-state index contributed by atoms with van der Waals surface area (Å²) in [5.41, 5.74) is 6.16. The Kier molecular flexibility index (Phi) is 4.02. The average molecular weight is 291 g/mol. The highest BCUT2D eigenvalue weighted by molar-refractivity contribution is 6.06. The maximum absolute atomic E-state index is 12.0. The van der Waals surface area contributed by atoms with Gasteiger partial charge in [0.15, 0.2) is 0 Å². The number of nitrogen functional groups attached to an aromatic ring is 1. The van der Waals surface area contributed by atoms with Gasteiger partial charge in [0.1, 0.15) is 5.75 Å². The molecule has 2 rings (SSSR count). The number of nitrogens with one attached hydrogen (secondary N) is 2. The van der Waals surface area contributed by atoms with Crippen LogP contribution in [0.5, 0.6) is 5.75 Å². The van der Waals surface area contributed by atoms with E-state index in [-0.39, 0.29) is 17.4 Å². The molecule has 0 aliphatic heterocycles. The quantitative estimate of drug-likeness (QED) is 0.761. The molecule has 21 heavy (non-hydrogen) atoms. The van der Waals surface area contributed by atoms with Gasteiger partial charge in [-0.15, -0.1) is 0 Å². The minimum atomic E-state index is -0.605. The lowest BCUT2D eigenvalue weighted by molar-refractivity contribution is -0.114. The molecule has 0 saturated carbocycles. The Balaban J connectivity index is 2.27.